The molecule has 2 aromatic heterocycles. The molecule has 0 atom stereocenters. The van der Waals surface area contributed by atoms with Crippen molar-refractivity contribution >= 4 is 11.5 Å². The zero-order chi connectivity index (χ0) is 14.4. The van der Waals surface area contributed by atoms with Gasteiger partial charge in [0.05, 0.1) is 17.3 Å². The van der Waals surface area contributed by atoms with Gasteiger partial charge in [-0.1, -0.05) is 0 Å². The third kappa shape index (κ3) is 1.77. The predicted octanol–water partition coefficient (Wildman–Crippen LogP) is 2.53. The molecular formula is C12H6F4N4. The average molecular weight is 282 g/mol. The van der Waals surface area contributed by atoms with Crippen LogP contribution in [0.5, 0.6) is 0 Å². The van der Waals surface area contributed by atoms with Crippen molar-refractivity contribution in [2.24, 2.45) is 0 Å². The van der Waals surface area contributed by atoms with E-state index in [-0.39, 0.29) is 11.5 Å². The minimum atomic E-state index is -1.24. The van der Waals surface area contributed by atoms with Crippen LogP contribution in [-0.2, 0) is 0 Å². The zero-order valence-corrected chi connectivity index (χ0v) is 9.74. The van der Waals surface area contributed by atoms with Gasteiger partial charge in [0.1, 0.15) is 23.1 Å². The normalized spacial score (nSPS) is 11.2. The van der Waals surface area contributed by atoms with Crippen molar-refractivity contribution in [3.05, 3.63) is 47.7 Å². The molecule has 0 spiro atoms. The van der Waals surface area contributed by atoms with Crippen LogP contribution in [0.3, 0.4) is 0 Å². The lowest BCUT2D eigenvalue weighted by Crippen LogP contribution is -2.04. The van der Waals surface area contributed by atoms with Crippen LogP contribution in [0.1, 0.15) is 0 Å². The van der Waals surface area contributed by atoms with Crippen LogP contribution in [0.15, 0.2) is 24.4 Å². The second-order valence-corrected chi connectivity index (χ2v) is 4.04. The van der Waals surface area contributed by atoms with Gasteiger partial charge in [0.25, 0.3) is 0 Å². The Balaban J connectivity index is 2.40. The van der Waals surface area contributed by atoms with Crippen LogP contribution in [0.4, 0.5) is 23.5 Å². The van der Waals surface area contributed by atoms with E-state index in [0.29, 0.717) is 12.1 Å². The number of hydrogen-bond acceptors (Lipinski definition) is 3. The molecule has 0 bridgehead atoms. The second-order valence-electron chi connectivity index (χ2n) is 4.04. The number of nitrogen functional groups attached to an aromatic ring is 1. The van der Waals surface area contributed by atoms with Crippen LogP contribution in [0.2, 0.25) is 0 Å². The van der Waals surface area contributed by atoms with E-state index >= 15 is 0 Å². The van der Waals surface area contributed by atoms with Gasteiger partial charge >= 0.3 is 0 Å². The summed E-state index contributed by atoms with van der Waals surface area (Å²) in [5.41, 5.74) is 4.33. The summed E-state index contributed by atoms with van der Waals surface area (Å²) in [6.45, 7) is 0. The molecule has 0 saturated carbocycles. The summed E-state index contributed by atoms with van der Waals surface area (Å²) < 4.78 is 55.2. The standard InChI is InChI=1S/C12H6F4N4/c13-5-1-7(14)10(8(15)2-5)11-9(16)3-6-4-18-12(17)19-20(6)11/h1-4H,(H2,17,19). The molecule has 1 aromatic carbocycles. The van der Waals surface area contributed by atoms with Crippen molar-refractivity contribution in [2.45, 2.75) is 0 Å². The van der Waals surface area contributed by atoms with Crippen molar-refractivity contribution in [2.75, 3.05) is 5.73 Å². The van der Waals surface area contributed by atoms with Crippen molar-refractivity contribution < 1.29 is 17.6 Å². The molecular weight excluding hydrogens is 276 g/mol. The first kappa shape index (κ1) is 12.4. The molecule has 0 unspecified atom stereocenters. The number of halogens is 4. The highest BCUT2D eigenvalue weighted by Gasteiger charge is 2.22. The number of aromatic nitrogens is 3. The summed E-state index contributed by atoms with van der Waals surface area (Å²) in [5, 5.41) is 3.69. The summed E-state index contributed by atoms with van der Waals surface area (Å²) >= 11 is 0. The van der Waals surface area contributed by atoms with Crippen molar-refractivity contribution in [3.63, 3.8) is 0 Å². The molecule has 0 radical (unpaired) electrons. The fourth-order valence-electron chi connectivity index (χ4n) is 1.94. The molecule has 2 N–H and O–H groups in total. The molecule has 0 amide bonds. The topological polar surface area (TPSA) is 56.2 Å². The number of nitrogens with two attached hydrogens (primary N) is 1. The van der Waals surface area contributed by atoms with Crippen LogP contribution < -0.4 is 5.73 Å². The fourth-order valence-corrected chi connectivity index (χ4v) is 1.94. The fraction of sp³-hybridized carbons (Fsp3) is 0. The van der Waals surface area contributed by atoms with Crippen molar-refractivity contribution in [1.82, 2.24) is 14.6 Å². The smallest absolute Gasteiger partial charge is 0.238 e. The molecule has 0 aliphatic carbocycles. The van der Waals surface area contributed by atoms with E-state index < -0.39 is 34.5 Å². The molecule has 2 heterocycles. The molecule has 0 aliphatic rings. The Morgan fingerprint density at radius 3 is 2.25 bits per heavy atom. The second kappa shape index (κ2) is 4.19. The molecule has 8 heteroatoms. The molecule has 3 rings (SSSR count). The van der Waals surface area contributed by atoms with E-state index in [1.54, 1.807) is 0 Å². The highest BCUT2D eigenvalue weighted by atomic mass is 19.1. The summed E-state index contributed by atoms with van der Waals surface area (Å²) in [6.07, 6.45) is 1.20. The van der Waals surface area contributed by atoms with E-state index in [9.17, 15) is 17.6 Å². The number of nitrogens with zero attached hydrogens (tertiary/aromatic N) is 3. The van der Waals surface area contributed by atoms with Gasteiger partial charge in [-0.05, 0) is 0 Å². The zero-order valence-electron chi connectivity index (χ0n) is 9.74. The molecule has 0 aliphatic heterocycles. The molecule has 4 nitrogen and oxygen atoms in total. The van der Waals surface area contributed by atoms with Crippen LogP contribution in [0.25, 0.3) is 16.8 Å². The summed E-state index contributed by atoms with van der Waals surface area (Å²) in [5.74, 6) is -4.69. The Bertz CT molecular complexity index is 805. The average Bonchev–Trinajstić information content (AvgIpc) is 2.65. The first-order chi connectivity index (χ1) is 9.47. The Morgan fingerprint density at radius 1 is 0.950 bits per heavy atom. The predicted molar refractivity (Wildman–Crippen MR) is 62.7 cm³/mol. The van der Waals surface area contributed by atoms with Crippen LogP contribution in [-0.4, -0.2) is 14.6 Å². The van der Waals surface area contributed by atoms with E-state index in [1.807, 2.05) is 0 Å². The lowest BCUT2D eigenvalue weighted by molar-refractivity contribution is 0.543. The van der Waals surface area contributed by atoms with Gasteiger partial charge in [-0.3, -0.25) is 0 Å². The van der Waals surface area contributed by atoms with Gasteiger partial charge in [0, 0.05) is 18.2 Å². The Hall–Kier alpha value is -2.64. The van der Waals surface area contributed by atoms with Crippen molar-refractivity contribution in [3.8, 4) is 11.3 Å². The van der Waals surface area contributed by atoms with Crippen LogP contribution >= 0.6 is 0 Å². The molecule has 102 valence electrons. The maximum atomic E-state index is 13.9. The largest absolute Gasteiger partial charge is 0.367 e. The minimum Gasteiger partial charge on any atom is -0.367 e. The highest BCUT2D eigenvalue weighted by molar-refractivity contribution is 5.68. The third-order valence-electron chi connectivity index (χ3n) is 2.73. The maximum absolute atomic E-state index is 13.9. The van der Waals surface area contributed by atoms with Gasteiger partial charge in [-0.25, -0.2) is 27.1 Å². The van der Waals surface area contributed by atoms with Gasteiger partial charge in [-0.15, -0.1) is 5.10 Å². The van der Waals surface area contributed by atoms with Gasteiger partial charge in [0.2, 0.25) is 5.95 Å². The Morgan fingerprint density at radius 2 is 1.60 bits per heavy atom. The van der Waals surface area contributed by atoms with E-state index in [2.05, 4.69) is 10.1 Å². The van der Waals surface area contributed by atoms with Crippen molar-refractivity contribution in [1.29, 1.82) is 0 Å². The number of hydrogen-bond donors (Lipinski definition) is 1. The Labute approximate surface area is 109 Å². The lowest BCUT2D eigenvalue weighted by Gasteiger charge is -2.06. The number of fused-ring (bicyclic) bond motifs is 1. The molecule has 3 aromatic rings. The first-order valence-electron chi connectivity index (χ1n) is 5.42. The molecule has 0 saturated heterocycles. The monoisotopic (exact) mass is 282 g/mol. The van der Waals surface area contributed by atoms with E-state index in [0.717, 1.165) is 10.6 Å². The molecule has 0 fully saturated rings. The number of anilines is 1. The SMILES string of the molecule is Nc1ncc2cc(F)c(-c3c(F)cc(F)cc3F)n2n1. The Kier molecular flexibility index (Phi) is 2.60. The number of benzene rings is 1. The summed E-state index contributed by atoms with van der Waals surface area (Å²) in [7, 11) is 0. The quantitative estimate of drug-likeness (QED) is 0.698. The summed E-state index contributed by atoms with van der Waals surface area (Å²) in [6, 6.07) is 1.92. The minimum absolute atomic E-state index is 0.162. The van der Waals surface area contributed by atoms with Crippen LogP contribution in [0, 0.1) is 23.3 Å². The maximum Gasteiger partial charge on any atom is 0.238 e. The van der Waals surface area contributed by atoms with Gasteiger partial charge in [-0.2, -0.15) is 0 Å². The summed E-state index contributed by atoms with van der Waals surface area (Å²) in [4.78, 5) is 3.65. The molecule has 20 heavy (non-hydrogen) atoms. The van der Waals surface area contributed by atoms with E-state index in [4.69, 9.17) is 5.73 Å². The lowest BCUT2D eigenvalue weighted by atomic mass is 10.1. The highest BCUT2D eigenvalue weighted by Crippen LogP contribution is 2.30. The van der Waals surface area contributed by atoms with Gasteiger partial charge in [0.15, 0.2) is 5.82 Å². The van der Waals surface area contributed by atoms with Gasteiger partial charge < -0.3 is 5.73 Å². The third-order valence-corrected chi connectivity index (χ3v) is 2.73. The number of rotatable bonds is 1. The van der Waals surface area contributed by atoms with E-state index in [1.165, 1.54) is 6.20 Å². The first-order valence-corrected chi connectivity index (χ1v) is 5.42.